The Labute approximate surface area is 154 Å². The summed E-state index contributed by atoms with van der Waals surface area (Å²) in [6, 6.07) is 8.65. The van der Waals surface area contributed by atoms with E-state index in [-0.39, 0.29) is 17.3 Å². The monoisotopic (exact) mass is 375 g/mol. The molecule has 140 valence electrons. The van der Waals surface area contributed by atoms with Gasteiger partial charge in [-0.2, -0.15) is 4.31 Å². The van der Waals surface area contributed by atoms with Crippen molar-refractivity contribution < 1.29 is 13.2 Å². The van der Waals surface area contributed by atoms with Gasteiger partial charge in [0, 0.05) is 31.7 Å². The molecule has 0 aliphatic carbocycles. The summed E-state index contributed by atoms with van der Waals surface area (Å²) in [7, 11) is -2.35. The number of para-hydroxylation sites is 1. The predicted molar refractivity (Wildman–Crippen MR) is 101 cm³/mol. The molecule has 1 aliphatic rings. The van der Waals surface area contributed by atoms with E-state index < -0.39 is 10.0 Å². The Bertz CT molecular complexity index is 898. The number of amides is 1. The summed E-state index contributed by atoms with van der Waals surface area (Å²) >= 11 is 0. The van der Waals surface area contributed by atoms with E-state index in [0.29, 0.717) is 30.4 Å². The molecule has 0 spiro atoms. The van der Waals surface area contributed by atoms with Gasteiger partial charge in [0.15, 0.2) is 0 Å². The Balaban J connectivity index is 1.82. The summed E-state index contributed by atoms with van der Waals surface area (Å²) < 4.78 is 27.1. The number of benzene rings is 1. The zero-order valence-electron chi connectivity index (χ0n) is 15.4. The number of aromatic nitrogens is 1. The minimum Gasteiger partial charge on any atom is -0.341 e. The lowest BCUT2D eigenvalue weighted by Gasteiger charge is -2.35. The topological polar surface area (TPSA) is 70.6 Å². The van der Waals surface area contributed by atoms with E-state index in [4.69, 9.17) is 0 Å². The normalized spacial score (nSPS) is 21.3. The number of sulfonamides is 1. The largest absolute Gasteiger partial charge is 0.341 e. The average molecular weight is 375 g/mol. The number of carbonyl (C=O) groups excluding carboxylic acids is 1. The second kappa shape index (κ2) is 7.32. The number of piperidine rings is 1. The third kappa shape index (κ3) is 3.73. The van der Waals surface area contributed by atoms with E-state index in [2.05, 4.69) is 18.8 Å². The number of hydrogen-bond donors (Lipinski definition) is 0. The van der Waals surface area contributed by atoms with Gasteiger partial charge in [-0.1, -0.05) is 32.0 Å². The zero-order chi connectivity index (χ0) is 18.9. The Hall–Kier alpha value is -1.99. The molecule has 1 saturated heterocycles. The number of likely N-dealkylation sites (N-methyl/N-ethyl adjacent to an activating group) is 1. The molecule has 2 heterocycles. The summed E-state index contributed by atoms with van der Waals surface area (Å²) in [4.78, 5) is 18.8. The third-order valence-electron chi connectivity index (χ3n) is 4.86. The maximum atomic E-state index is 13.0. The molecule has 1 aromatic heterocycles. The molecule has 6 nitrogen and oxygen atoms in total. The van der Waals surface area contributed by atoms with Crippen molar-refractivity contribution in [3.63, 3.8) is 0 Å². The fourth-order valence-electron chi connectivity index (χ4n) is 3.69. The summed E-state index contributed by atoms with van der Waals surface area (Å²) in [6.07, 6.45) is 2.67. The van der Waals surface area contributed by atoms with Crippen LogP contribution in [0.4, 0.5) is 0 Å². The summed E-state index contributed by atoms with van der Waals surface area (Å²) in [5.74, 6) is 0.724. The van der Waals surface area contributed by atoms with Crippen LogP contribution in [0.25, 0.3) is 10.9 Å². The van der Waals surface area contributed by atoms with Gasteiger partial charge in [0.25, 0.3) is 0 Å². The molecule has 1 fully saturated rings. The minimum absolute atomic E-state index is 0.131. The van der Waals surface area contributed by atoms with Crippen LogP contribution >= 0.6 is 0 Å². The average Bonchev–Trinajstić information content (AvgIpc) is 2.60. The number of nitrogens with zero attached hydrogens (tertiary/aromatic N) is 3. The number of fused-ring (bicyclic) bond motifs is 1. The van der Waals surface area contributed by atoms with Gasteiger partial charge in [0.1, 0.15) is 4.90 Å². The van der Waals surface area contributed by atoms with Gasteiger partial charge in [-0.15, -0.1) is 0 Å². The van der Waals surface area contributed by atoms with Crippen molar-refractivity contribution in [2.45, 2.75) is 25.2 Å². The van der Waals surface area contributed by atoms with E-state index in [9.17, 15) is 13.2 Å². The standard InChI is InChI=1S/C19H25N3O3S/c1-14-10-15(2)12-22(11-14)18(23)13-21(3)26(24,25)17-8-4-6-16-7-5-9-20-19(16)17/h4-9,14-15H,10-13H2,1-3H3. The van der Waals surface area contributed by atoms with Gasteiger partial charge in [-0.3, -0.25) is 9.78 Å². The predicted octanol–water partition coefficient (Wildman–Crippen LogP) is 2.36. The van der Waals surface area contributed by atoms with Crippen LogP contribution in [-0.2, 0) is 14.8 Å². The molecule has 0 saturated carbocycles. The Morgan fingerprint density at radius 3 is 2.54 bits per heavy atom. The Kier molecular flexibility index (Phi) is 5.29. The number of likely N-dealkylation sites (tertiary alicyclic amines) is 1. The Morgan fingerprint density at radius 2 is 1.85 bits per heavy atom. The molecule has 3 rings (SSSR count). The third-order valence-corrected chi connectivity index (χ3v) is 6.70. The zero-order valence-corrected chi connectivity index (χ0v) is 16.2. The highest BCUT2D eigenvalue weighted by Crippen LogP contribution is 2.24. The summed E-state index contributed by atoms with van der Waals surface area (Å²) in [5.41, 5.74) is 0.425. The molecule has 2 atom stereocenters. The number of pyridine rings is 1. The Morgan fingerprint density at radius 1 is 1.19 bits per heavy atom. The molecule has 1 aliphatic heterocycles. The second-order valence-electron chi connectivity index (χ2n) is 7.34. The van der Waals surface area contributed by atoms with Crippen LogP contribution in [-0.4, -0.2) is 55.2 Å². The maximum absolute atomic E-state index is 13.0. The van der Waals surface area contributed by atoms with Crippen LogP contribution in [0.1, 0.15) is 20.3 Å². The molecular formula is C19H25N3O3S. The van der Waals surface area contributed by atoms with Crippen molar-refractivity contribution in [2.24, 2.45) is 11.8 Å². The highest BCUT2D eigenvalue weighted by atomic mass is 32.2. The number of rotatable bonds is 4. The molecule has 0 bridgehead atoms. The second-order valence-corrected chi connectivity index (χ2v) is 9.35. The summed E-state index contributed by atoms with van der Waals surface area (Å²) in [6.45, 7) is 5.46. The molecule has 0 radical (unpaired) electrons. The first-order valence-corrected chi connectivity index (χ1v) is 10.3. The van der Waals surface area contributed by atoms with E-state index in [1.54, 1.807) is 23.2 Å². The van der Waals surface area contributed by atoms with Crippen molar-refractivity contribution in [3.05, 3.63) is 36.5 Å². The molecular weight excluding hydrogens is 350 g/mol. The quantitative estimate of drug-likeness (QED) is 0.822. The molecule has 1 amide bonds. The van der Waals surface area contributed by atoms with Crippen LogP contribution in [0.3, 0.4) is 0 Å². The van der Waals surface area contributed by atoms with Crippen LogP contribution in [0.5, 0.6) is 0 Å². The molecule has 2 unspecified atom stereocenters. The lowest BCUT2D eigenvalue weighted by Crippen LogP contribution is -2.47. The van der Waals surface area contributed by atoms with Gasteiger partial charge in [-0.05, 0) is 30.4 Å². The lowest BCUT2D eigenvalue weighted by molar-refractivity contribution is -0.133. The first-order chi connectivity index (χ1) is 12.3. The van der Waals surface area contributed by atoms with Crippen molar-refractivity contribution in [1.29, 1.82) is 0 Å². The molecule has 1 aromatic carbocycles. The van der Waals surface area contributed by atoms with E-state index in [1.807, 2.05) is 12.1 Å². The van der Waals surface area contributed by atoms with Crippen LogP contribution in [0.15, 0.2) is 41.4 Å². The van der Waals surface area contributed by atoms with Gasteiger partial charge >= 0.3 is 0 Å². The fraction of sp³-hybridized carbons (Fsp3) is 0.474. The highest BCUT2D eigenvalue weighted by Gasteiger charge is 2.30. The van der Waals surface area contributed by atoms with Crippen LogP contribution in [0, 0.1) is 11.8 Å². The first kappa shape index (κ1) is 18.8. The van der Waals surface area contributed by atoms with Crippen molar-refractivity contribution in [3.8, 4) is 0 Å². The first-order valence-electron chi connectivity index (χ1n) is 8.87. The highest BCUT2D eigenvalue weighted by molar-refractivity contribution is 7.89. The fourth-order valence-corrected chi connectivity index (χ4v) is 4.98. The molecule has 2 aromatic rings. The summed E-state index contributed by atoms with van der Waals surface area (Å²) in [5, 5.41) is 0.756. The van der Waals surface area contributed by atoms with Crippen molar-refractivity contribution in [1.82, 2.24) is 14.2 Å². The van der Waals surface area contributed by atoms with Gasteiger partial charge in [-0.25, -0.2) is 8.42 Å². The minimum atomic E-state index is -3.80. The molecule has 7 heteroatoms. The van der Waals surface area contributed by atoms with E-state index >= 15 is 0 Å². The smallest absolute Gasteiger partial charge is 0.245 e. The van der Waals surface area contributed by atoms with Crippen molar-refractivity contribution >= 4 is 26.8 Å². The molecule has 0 N–H and O–H groups in total. The molecule has 26 heavy (non-hydrogen) atoms. The lowest BCUT2D eigenvalue weighted by atomic mass is 9.92. The van der Waals surface area contributed by atoms with Crippen LogP contribution < -0.4 is 0 Å². The van der Waals surface area contributed by atoms with Gasteiger partial charge in [0.2, 0.25) is 15.9 Å². The van der Waals surface area contributed by atoms with Gasteiger partial charge < -0.3 is 4.90 Å². The van der Waals surface area contributed by atoms with E-state index in [1.165, 1.54) is 13.1 Å². The SMILES string of the molecule is CC1CC(C)CN(C(=O)CN(C)S(=O)(=O)c2cccc3cccnc23)C1. The maximum Gasteiger partial charge on any atom is 0.245 e. The number of hydrogen-bond acceptors (Lipinski definition) is 4. The number of carbonyl (C=O) groups is 1. The van der Waals surface area contributed by atoms with Gasteiger partial charge in [0.05, 0.1) is 12.1 Å². The van der Waals surface area contributed by atoms with Crippen LogP contribution in [0.2, 0.25) is 0 Å². The van der Waals surface area contributed by atoms with Crippen molar-refractivity contribution in [2.75, 3.05) is 26.7 Å². The van der Waals surface area contributed by atoms with E-state index in [0.717, 1.165) is 16.1 Å².